The lowest BCUT2D eigenvalue weighted by Gasteiger charge is -2.24. The first-order valence-corrected chi connectivity index (χ1v) is 6.52. The van der Waals surface area contributed by atoms with Crippen molar-refractivity contribution in [3.63, 3.8) is 0 Å². The zero-order valence-electron chi connectivity index (χ0n) is 10.1. The minimum absolute atomic E-state index is 0.224. The van der Waals surface area contributed by atoms with E-state index in [1.54, 1.807) is 24.3 Å². The van der Waals surface area contributed by atoms with Crippen molar-refractivity contribution in [1.29, 1.82) is 0 Å². The molecule has 2 fully saturated rings. The summed E-state index contributed by atoms with van der Waals surface area (Å²) in [6, 6.07) is 6.96. The average molecular weight is 287 g/mol. The minimum atomic E-state index is -2.54. The zero-order valence-corrected chi connectivity index (χ0v) is 10.8. The zero-order chi connectivity index (χ0) is 13.6. The van der Waals surface area contributed by atoms with E-state index < -0.39 is 24.7 Å². The normalized spacial score (nSPS) is 24.5. The molecule has 1 saturated heterocycles. The monoisotopic (exact) mass is 286 g/mol. The number of rotatable bonds is 3. The third-order valence-corrected chi connectivity index (χ3v) is 3.88. The summed E-state index contributed by atoms with van der Waals surface area (Å²) in [5.41, 5.74) is 0.132. The third-order valence-electron chi connectivity index (χ3n) is 3.64. The van der Waals surface area contributed by atoms with Crippen molar-refractivity contribution in [2.75, 3.05) is 6.54 Å². The first-order chi connectivity index (χ1) is 9.02. The Hall–Kier alpha value is -1.20. The maximum atomic E-state index is 12.7. The maximum absolute atomic E-state index is 12.7. The average Bonchev–Trinajstić information content (AvgIpc) is 3.08. The molecule has 19 heavy (non-hydrogen) atoms. The lowest BCUT2D eigenvalue weighted by atomic mass is 10.1. The van der Waals surface area contributed by atoms with E-state index in [2.05, 4.69) is 5.32 Å². The number of nitrogens with zero attached hydrogens (tertiary/aromatic N) is 1. The summed E-state index contributed by atoms with van der Waals surface area (Å²) in [5, 5.41) is 3.70. The Morgan fingerprint density at radius 3 is 2.79 bits per heavy atom. The number of halogens is 3. The van der Waals surface area contributed by atoms with Crippen LogP contribution in [0.1, 0.15) is 24.6 Å². The smallest absolute Gasteiger partial charge is 0.255 e. The van der Waals surface area contributed by atoms with Gasteiger partial charge in [0, 0.05) is 5.02 Å². The molecule has 0 bridgehead atoms. The fourth-order valence-corrected chi connectivity index (χ4v) is 2.75. The predicted octanol–water partition coefficient (Wildman–Crippen LogP) is 2.57. The molecule has 1 aromatic carbocycles. The second-order valence-corrected chi connectivity index (χ2v) is 5.47. The van der Waals surface area contributed by atoms with Crippen molar-refractivity contribution in [1.82, 2.24) is 10.2 Å². The molecular formula is C13H13ClF2N2O. The molecule has 1 atom stereocenters. The highest BCUT2D eigenvalue weighted by Crippen LogP contribution is 2.46. The molecule has 1 aliphatic carbocycles. The van der Waals surface area contributed by atoms with Crippen LogP contribution in [0.2, 0.25) is 5.02 Å². The van der Waals surface area contributed by atoms with Gasteiger partial charge in [0.2, 0.25) is 5.91 Å². The molecule has 1 saturated carbocycles. The predicted molar refractivity (Wildman–Crippen MR) is 67.0 cm³/mol. The van der Waals surface area contributed by atoms with Gasteiger partial charge in [0.25, 0.3) is 6.43 Å². The SMILES string of the molecule is O=C1N(CC(F)F)C(c2cccc(Cl)c2)NC12CC2. The number of benzene rings is 1. The van der Waals surface area contributed by atoms with Gasteiger partial charge in [0.05, 0.1) is 6.54 Å². The summed E-state index contributed by atoms with van der Waals surface area (Å²) in [5.74, 6) is -0.224. The highest BCUT2D eigenvalue weighted by molar-refractivity contribution is 6.30. The van der Waals surface area contributed by atoms with Crippen LogP contribution in [0.5, 0.6) is 0 Å². The van der Waals surface area contributed by atoms with Crippen LogP contribution in [0, 0.1) is 0 Å². The molecule has 1 N–H and O–H groups in total. The van der Waals surface area contributed by atoms with Gasteiger partial charge in [-0.3, -0.25) is 10.1 Å². The van der Waals surface area contributed by atoms with Crippen LogP contribution in [-0.4, -0.2) is 29.3 Å². The van der Waals surface area contributed by atoms with Crippen LogP contribution in [0.4, 0.5) is 8.78 Å². The van der Waals surface area contributed by atoms with Crippen LogP contribution in [0.15, 0.2) is 24.3 Å². The molecule has 3 nitrogen and oxygen atoms in total. The van der Waals surface area contributed by atoms with E-state index in [-0.39, 0.29) is 5.91 Å². The van der Waals surface area contributed by atoms with E-state index in [1.165, 1.54) is 4.90 Å². The molecule has 0 radical (unpaired) electrons. The third kappa shape index (κ3) is 2.21. The molecule has 3 rings (SSSR count). The van der Waals surface area contributed by atoms with Gasteiger partial charge in [-0.1, -0.05) is 23.7 Å². The van der Waals surface area contributed by atoms with Crippen molar-refractivity contribution < 1.29 is 13.6 Å². The van der Waals surface area contributed by atoms with Gasteiger partial charge >= 0.3 is 0 Å². The molecule has 1 amide bonds. The van der Waals surface area contributed by atoms with Crippen LogP contribution in [0.3, 0.4) is 0 Å². The molecule has 1 spiro atoms. The fraction of sp³-hybridized carbons (Fsp3) is 0.462. The first-order valence-electron chi connectivity index (χ1n) is 6.14. The van der Waals surface area contributed by atoms with Crippen LogP contribution < -0.4 is 5.32 Å². The Morgan fingerprint density at radius 1 is 1.47 bits per heavy atom. The summed E-state index contributed by atoms with van der Waals surface area (Å²) < 4.78 is 25.3. The Labute approximate surface area is 114 Å². The molecule has 1 unspecified atom stereocenters. The number of nitrogens with one attached hydrogen (secondary N) is 1. The van der Waals surface area contributed by atoms with Gasteiger partial charge in [0.1, 0.15) is 11.7 Å². The number of alkyl halides is 2. The van der Waals surface area contributed by atoms with E-state index >= 15 is 0 Å². The van der Waals surface area contributed by atoms with E-state index in [4.69, 9.17) is 11.6 Å². The van der Waals surface area contributed by atoms with Gasteiger partial charge in [-0.05, 0) is 30.5 Å². The molecule has 1 aliphatic heterocycles. The molecule has 1 aromatic rings. The van der Waals surface area contributed by atoms with Gasteiger partial charge in [-0.25, -0.2) is 8.78 Å². The summed E-state index contributed by atoms with van der Waals surface area (Å²) in [6.45, 7) is -0.551. The summed E-state index contributed by atoms with van der Waals surface area (Å²) >= 11 is 5.92. The van der Waals surface area contributed by atoms with Crippen molar-refractivity contribution in [3.05, 3.63) is 34.9 Å². The summed E-state index contributed by atoms with van der Waals surface area (Å²) in [4.78, 5) is 13.4. The molecule has 0 aromatic heterocycles. The van der Waals surface area contributed by atoms with Gasteiger partial charge < -0.3 is 4.90 Å². The Kier molecular flexibility index (Phi) is 2.98. The Bertz CT molecular complexity index is 519. The van der Waals surface area contributed by atoms with Crippen molar-refractivity contribution in [2.45, 2.75) is 31.0 Å². The summed E-state index contributed by atoms with van der Waals surface area (Å²) in [7, 11) is 0. The van der Waals surface area contributed by atoms with Gasteiger partial charge in [-0.2, -0.15) is 0 Å². The Balaban J connectivity index is 1.92. The van der Waals surface area contributed by atoms with Gasteiger partial charge in [0.15, 0.2) is 0 Å². The number of hydrogen-bond donors (Lipinski definition) is 1. The molecule has 102 valence electrons. The second kappa shape index (κ2) is 4.42. The first kappa shape index (κ1) is 12.8. The number of amides is 1. The van der Waals surface area contributed by atoms with E-state index in [9.17, 15) is 13.6 Å². The second-order valence-electron chi connectivity index (χ2n) is 5.03. The molecule has 2 aliphatic rings. The maximum Gasteiger partial charge on any atom is 0.255 e. The largest absolute Gasteiger partial charge is 0.316 e. The highest BCUT2D eigenvalue weighted by Gasteiger charge is 2.59. The van der Waals surface area contributed by atoms with Crippen LogP contribution in [0.25, 0.3) is 0 Å². The van der Waals surface area contributed by atoms with E-state index in [0.29, 0.717) is 17.9 Å². The fourth-order valence-electron chi connectivity index (χ4n) is 2.55. The molecule has 1 heterocycles. The van der Waals surface area contributed by atoms with E-state index in [0.717, 1.165) is 5.56 Å². The number of carbonyl (C=O) groups is 1. The lowest BCUT2D eigenvalue weighted by molar-refractivity contribution is -0.132. The van der Waals surface area contributed by atoms with E-state index in [1.807, 2.05) is 0 Å². The minimum Gasteiger partial charge on any atom is -0.316 e. The van der Waals surface area contributed by atoms with Gasteiger partial charge in [-0.15, -0.1) is 0 Å². The Morgan fingerprint density at radius 2 is 2.21 bits per heavy atom. The molecular weight excluding hydrogens is 274 g/mol. The highest BCUT2D eigenvalue weighted by atomic mass is 35.5. The number of carbonyl (C=O) groups excluding carboxylic acids is 1. The summed E-state index contributed by atoms with van der Waals surface area (Å²) in [6.07, 6.45) is -1.63. The standard InChI is InChI=1S/C13H13ClF2N2O/c14-9-3-1-2-8(6-9)11-17-13(4-5-13)12(19)18(11)7-10(15)16/h1-3,6,10-11,17H,4-5,7H2. The lowest BCUT2D eigenvalue weighted by Crippen LogP contribution is -2.35. The van der Waals surface area contributed by atoms with Crippen molar-refractivity contribution in [3.8, 4) is 0 Å². The molecule has 6 heteroatoms. The van der Waals surface area contributed by atoms with Crippen LogP contribution >= 0.6 is 11.6 Å². The quantitative estimate of drug-likeness (QED) is 0.926. The number of hydrogen-bond acceptors (Lipinski definition) is 2. The topological polar surface area (TPSA) is 32.3 Å². The van der Waals surface area contributed by atoms with Crippen molar-refractivity contribution >= 4 is 17.5 Å². The van der Waals surface area contributed by atoms with Crippen LogP contribution in [-0.2, 0) is 4.79 Å². The van der Waals surface area contributed by atoms with Crippen molar-refractivity contribution in [2.24, 2.45) is 0 Å².